The number of aromatic nitrogens is 2. The third-order valence-corrected chi connectivity index (χ3v) is 3.08. The van der Waals surface area contributed by atoms with Gasteiger partial charge in [0.15, 0.2) is 0 Å². The standard InChI is InChI=1S/C15H14N4O/c1-9-4-11(7-17-6-9)19-15(20)13-8-18-14-5-10(16)2-3-12(13)14/h2-8,18H,16H2,1H3,(H,19,20). The second kappa shape index (κ2) is 4.70. The number of hydrogen-bond acceptors (Lipinski definition) is 3. The molecule has 0 aliphatic carbocycles. The van der Waals surface area contributed by atoms with Crippen LogP contribution < -0.4 is 11.1 Å². The number of carbonyl (C=O) groups excluding carboxylic acids is 1. The number of nitrogens with two attached hydrogens (primary N) is 1. The lowest BCUT2D eigenvalue weighted by molar-refractivity contribution is 0.102. The average Bonchev–Trinajstić information content (AvgIpc) is 2.81. The van der Waals surface area contributed by atoms with Crippen LogP contribution in [-0.2, 0) is 0 Å². The van der Waals surface area contributed by atoms with Crippen LogP contribution in [0.4, 0.5) is 11.4 Å². The summed E-state index contributed by atoms with van der Waals surface area (Å²) in [5.74, 6) is -0.173. The Hall–Kier alpha value is -2.82. The van der Waals surface area contributed by atoms with Gasteiger partial charge in [-0.25, -0.2) is 0 Å². The summed E-state index contributed by atoms with van der Waals surface area (Å²) < 4.78 is 0. The van der Waals surface area contributed by atoms with Gasteiger partial charge in [0.2, 0.25) is 0 Å². The maximum atomic E-state index is 12.3. The van der Waals surface area contributed by atoms with Crippen molar-refractivity contribution in [2.24, 2.45) is 0 Å². The summed E-state index contributed by atoms with van der Waals surface area (Å²) in [5, 5.41) is 3.68. The topological polar surface area (TPSA) is 83.8 Å². The van der Waals surface area contributed by atoms with Crippen LogP contribution >= 0.6 is 0 Å². The summed E-state index contributed by atoms with van der Waals surface area (Å²) in [4.78, 5) is 19.4. The van der Waals surface area contributed by atoms with Crippen molar-refractivity contribution in [2.75, 3.05) is 11.1 Å². The number of aryl methyl sites for hydroxylation is 1. The van der Waals surface area contributed by atoms with E-state index in [9.17, 15) is 4.79 Å². The molecule has 1 aromatic carbocycles. The summed E-state index contributed by atoms with van der Waals surface area (Å²) in [6.45, 7) is 1.93. The Morgan fingerprint density at radius 1 is 1.30 bits per heavy atom. The number of nitrogens with zero attached hydrogens (tertiary/aromatic N) is 1. The second-order valence-corrected chi connectivity index (χ2v) is 4.71. The molecule has 3 rings (SSSR count). The number of anilines is 2. The molecule has 5 heteroatoms. The zero-order chi connectivity index (χ0) is 14.1. The summed E-state index contributed by atoms with van der Waals surface area (Å²) in [5.41, 5.74) is 9.49. The van der Waals surface area contributed by atoms with Crippen molar-refractivity contribution in [3.05, 3.63) is 54.0 Å². The molecule has 0 atom stereocenters. The van der Waals surface area contributed by atoms with Crippen LogP contribution in [0.2, 0.25) is 0 Å². The molecule has 0 aliphatic heterocycles. The molecule has 1 amide bonds. The van der Waals surface area contributed by atoms with Gasteiger partial charge in [-0.1, -0.05) is 0 Å². The number of hydrogen-bond donors (Lipinski definition) is 3. The van der Waals surface area contributed by atoms with Crippen LogP contribution in [0, 0.1) is 6.92 Å². The fourth-order valence-corrected chi connectivity index (χ4v) is 2.15. The fourth-order valence-electron chi connectivity index (χ4n) is 2.15. The van der Waals surface area contributed by atoms with E-state index in [1.807, 2.05) is 19.1 Å². The van der Waals surface area contributed by atoms with Crippen molar-refractivity contribution in [2.45, 2.75) is 6.92 Å². The third kappa shape index (κ3) is 2.21. The lowest BCUT2D eigenvalue weighted by Gasteiger charge is -2.04. The van der Waals surface area contributed by atoms with E-state index in [0.717, 1.165) is 16.5 Å². The monoisotopic (exact) mass is 266 g/mol. The highest BCUT2D eigenvalue weighted by Gasteiger charge is 2.12. The van der Waals surface area contributed by atoms with Crippen LogP contribution in [0.1, 0.15) is 15.9 Å². The van der Waals surface area contributed by atoms with Crippen molar-refractivity contribution < 1.29 is 4.79 Å². The largest absolute Gasteiger partial charge is 0.399 e. The molecular weight excluding hydrogens is 252 g/mol. The zero-order valence-electron chi connectivity index (χ0n) is 11.0. The van der Waals surface area contributed by atoms with Gasteiger partial charge in [-0.3, -0.25) is 9.78 Å². The Labute approximate surface area is 115 Å². The predicted molar refractivity (Wildman–Crippen MR) is 79.6 cm³/mol. The first-order valence-electron chi connectivity index (χ1n) is 6.23. The van der Waals surface area contributed by atoms with E-state index in [2.05, 4.69) is 15.3 Å². The molecule has 0 radical (unpaired) electrons. The molecule has 4 N–H and O–H groups in total. The van der Waals surface area contributed by atoms with Gasteiger partial charge in [0.1, 0.15) is 0 Å². The highest BCUT2D eigenvalue weighted by atomic mass is 16.1. The predicted octanol–water partition coefficient (Wildman–Crippen LogP) is 2.71. The quantitative estimate of drug-likeness (QED) is 0.623. The lowest BCUT2D eigenvalue weighted by Crippen LogP contribution is -2.11. The minimum Gasteiger partial charge on any atom is -0.399 e. The molecule has 0 fully saturated rings. The Kier molecular flexibility index (Phi) is 2.87. The highest BCUT2D eigenvalue weighted by molar-refractivity contribution is 6.13. The van der Waals surface area contributed by atoms with E-state index < -0.39 is 0 Å². The molecule has 2 heterocycles. The number of nitrogens with one attached hydrogen (secondary N) is 2. The van der Waals surface area contributed by atoms with Crippen molar-refractivity contribution in [3.8, 4) is 0 Å². The highest BCUT2D eigenvalue weighted by Crippen LogP contribution is 2.21. The number of carbonyl (C=O) groups is 1. The van der Waals surface area contributed by atoms with Crippen LogP contribution in [0.5, 0.6) is 0 Å². The SMILES string of the molecule is Cc1cncc(NC(=O)c2c[nH]c3cc(N)ccc23)c1. The zero-order valence-corrected chi connectivity index (χ0v) is 11.0. The molecule has 3 aromatic rings. The number of benzene rings is 1. The van der Waals surface area contributed by atoms with Crippen molar-refractivity contribution >= 4 is 28.2 Å². The van der Waals surface area contributed by atoms with Gasteiger partial charge in [0.25, 0.3) is 5.91 Å². The molecule has 5 nitrogen and oxygen atoms in total. The molecule has 0 bridgehead atoms. The minimum absolute atomic E-state index is 0.173. The van der Waals surface area contributed by atoms with E-state index in [0.29, 0.717) is 16.9 Å². The number of amides is 1. The minimum atomic E-state index is -0.173. The maximum Gasteiger partial charge on any atom is 0.257 e. The van der Waals surface area contributed by atoms with E-state index in [1.54, 1.807) is 30.7 Å². The first-order chi connectivity index (χ1) is 9.63. The van der Waals surface area contributed by atoms with Crippen LogP contribution in [0.15, 0.2) is 42.9 Å². The molecule has 100 valence electrons. The number of H-pyrrole nitrogens is 1. The Bertz CT molecular complexity index is 791. The van der Waals surface area contributed by atoms with Gasteiger partial charge in [-0.2, -0.15) is 0 Å². The number of aromatic amines is 1. The van der Waals surface area contributed by atoms with Gasteiger partial charge in [-0.05, 0) is 36.8 Å². The molecule has 0 unspecified atom stereocenters. The van der Waals surface area contributed by atoms with Crippen molar-refractivity contribution in [1.29, 1.82) is 0 Å². The van der Waals surface area contributed by atoms with E-state index >= 15 is 0 Å². The maximum absolute atomic E-state index is 12.3. The number of pyridine rings is 1. The molecular formula is C15H14N4O. The van der Waals surface area contributed by atoms with Gasteiger partial charge >= 0.3 is 0 Å². The molecule has 0 spiro atoms. The summed E-state index contributed by atoms with van der Waals surface area (Å²) in [6.07, 6.45) is 5.05. The average molecular weight is 266 g/mol. The van der Waals surface area contributed by atoms with Gasteiger partial charge in [-0.15, -0.1) is 0 Å². The Morgan fingerprint density at radius 3 is 2.95 bits per heavy atom. The van der Waals surface area contributed by atoms with E-state index in [4.69, 9.17) is 5.73 Å². The molecule has 20 heavy (non-hydrogen) atoms. The van der Waals surface area contributed by atoms with Gasteiger partial charge < -0.3 is 16.0 Å². The molecule has 0 saturated heterocycles. The fraction of sp³-hybridized carbons (Fsp3) is 0.0667. The normalized spacial score (nSPS) is 10.7. The van der Waals surface area contributed by atoms with Crippen molar-refractivity contribution in [3.63, 3.8) is 0 Å². The summed E-state index contributed by atoms with van der Waals surface area (Å²) in [6, 6.07) is 7.30. The van der Waals surface area contributed by atoms with Gasteiger partial charge in [0, 0.05) is 29.0 Å². The van der Waals surface area contributed by atoms with Crippen LogP contribution in [0.3, 0.4) is 0 Å². The van der Waals surface area contributed by atoms with Crippen LogP contribution in [0.25, 0.3) is 10.9 Å². The first-order valence-corrected chi connectivity index (χ1v) is 6.23. The lowest BCUT2D eigenvalue weighted by atomic mass is 10.1. The second-order valence-electron chi connectivity index (χ2n) is 4.71. The van der Waals surface area contributed by atoms with Gasteiger partial charge in [0.05, 0.1) is 17.4 Å². The first kappa shape index (κ1) is 12.2. The number of rotatable bonds is 2. The smallest absolute Gasteiger partial charge is 0.257 e. The summed E-state index contributed by atoms with van der Waals surface area (Å²) in [7, 11) is 0. The Balaban J connectivity index is 1.93. The number of fused-ring (bicyclic) bond motifs is 1. The molecule has 2 aromatic heterocycles. The molecule has 0 saturated carbocycles. The molecule has 0 aliphatic rings. The third-order valence-electron chi connectivity index (χ3n) is 3.08. The van der Waals surface area contributed by atoms with E-state index in [1.165, 1.54) is 0 Å². The van der Waals surface area contributed by atoms with Crippen LogP contribution in [-0.4, -0.2) is 15.9 Å². The summed E-state index contributed by atoms with van der Waals surface area (Å²) >= 11 is 0. The number of nitrogen functional groups attached to an aromatic ring is 1. The van der Waals surface area contributed by atoms with Crippen molar-refractivity contribution in [1.82, 2.24) is 9.97 Å². The Morgan fingerprint density at radius 2 is 2.15 bits per heavy atom. The van der Waals surface area contributed by atoms with E-state index in [-0.39, 0.29) is 5.91 Å².